The van der Waals surface area contributed by atoms with E-state index in [0.29, 0.717) is 18.8 Å². The van der Waals surface area contributed by atoms with Gasteiger partial charge in [-0.3, -0.25) is 9.78 Å². The van der Waals surface area contributed by atoms with Crippen molar-refractivity contribution < 1.29 is 14.3 Å². The largest absolute Gasteiger partial charge is 0.392 e. The van der Waals surface area contributed by atoms with Gasteiger partial charge in [0.15, 0.2) is 5.78 Å². The molecule has 0 amide bonds. The molecule has 0 spiro atoms. The van der Waals surface area contributed by atoms with E-state index in [9.17, 15) is 14.3 Å². The molecule has 1 aliphatic rings. The summed E-state index contributed by atoms with van der Waals surface area (Å²) < 4.78 is 12.8. The zero-order valence-corrected chi connectivity index (χ0v) is 11.1. The molecule has 5 heteroatoms. The van der Waals surface area contributed by atoms with Crippen molar-refractivity contribution in [3.63, 3.8) is 0 Å². The van der Waals surface area contributed by atoms with Gasteiger partial charge in [-0.15, -0.1) is 0 Å². The summed E-state index contributed by atoms with van der Waals surface area (Å²) in [6.07, 6.45) is 2.56. The van der Waals surface area contributed by atoms with Gasteiger partial charge in [0.2, 0.25) is 0 Å². The molecule has 0 bridgehead atoms. The Morgan fingerprint density at radius 1 is 1.63 bits per heavy atom. The highest BCUT2D eigenvalue weighted by molar-refractivity contribution is 5.95. The summed E-state index contributed by atoms with van der Waals surface area (Å²) in [5.41, 5.74) is 0.298. The number of rotatable bonds is 4. The van der Waals surface area contributed by atoms with E-state index in [1.165, 1.54) is 12.1 Å². The summed E-state index contributed by atoms with van der Waals surface area (Å²) in [4.78, 5) is 18.0. The molecule has 2 atom stereocenters. The lowest BCUT2D eigenvalue weighted by molar-refractivity contribution is 0.0588. The van der Waals surface area contributed by atoms with Crippen LogP contribution in [0.3, 0.4) is 0 Å². The van der Waals surface area contributed by atoms with Gasteiger partial charge in [-0.05, 0) is 31.5 Å². The summed E-state index contributed by atoms with van der Waals surface area (Å²) in [5, 5.41) is 9.60. The van der Waals surface area contributed by atoms with E-state index in [-0.39, 0.29) is 17.8 Å². The van der Waals surface area contributed by atoms with Crippen LogP contribution in [-0.2, 0) is 0 Å². The summed E-state index contributed by atoms with van der Waals surface area (Å²) >= 11 is 0. The highest BCUT2D eigenvalue weighted by Crippen LogP contribution is 2.14. The summed E-state index contributed by atoms with van der Waals surface area (Å²) in [5.74, 6) is -0.730. The average Bonchev–Trinajstić information content (AvgIpc) is 2.39. The minimum Gasteiger partial charge on any atom is -0.392 e. The maximum atomic E-state index is 12.8. The molecule has 1 aromatic heterocycles. The van der Waals surface area contributed by atoms with E-state index in [1.54, 1.807) is 0 Å². The zero-order chi connectivity index (χ0) is 13.8. The Balaban J connectivity index is 1.93. The Morgan fingerprint density at radius 3 is 3.05 bits per heavy atom. The number of nitrogens with zero attached hydrogens (tertiary/aromatic N) is 2. The van der Waals surface area contributed by atoms with E-state index in [0.717, 1.165) is 25.6 Å². The van der Waals surface area contributed by atoms with Gasteiger partial charge in [-0.2, -0.15) is 0 Å². The number of aliphatic hydroxyl groups excluding tert-OH is 1. The lowest BCUT2D eigenvalue weighted by atomic mass is 10.0. The third kappa shape index (κ3) is 3.81. The number of piperidine rings is 1. The van der Waals surface area contributed by atoms with E-state index in [4.69, 9.17) is 0 Å². The van der Waals surface area contributed by atoms with Crippen LogP contribution in [0.25, 0.3) is 0 Å². The fourth-order valence-electron chi connectivity index (χ4n) is 2.44. The maximum absolute atomic E-state index is 12.8. The van der Waals surface area contributed by atoms with Crippen molar-refractivity contribution in [1.29, 1.82) is 0 Å². The van der Waals surface area contributed by atoms with Crippen LogP contribution in [0.2, 0.25) is 0 Å². The molecule has 1 aromatic rings. The molecule has 1 saturated heterocycles. The molecule has 0 saturated carbocycles. The van der Waals surface area contributed by atoms with Gasteiger partial charge in [0, 0.05) is 19.0 Å². The minimum absolute atomic E-state index is 0.0833. The van der Waals surface area contributed by atoms with Gasteiger partial charge in [-0.25, -0.2) is 4.39 Å². The normalized spacial score (nSPS) is 22.2. The zero-order valence-electron chi connectivity index (χ0n) is 11.1. The fourth-order valence-corrected chi connectivity index (χ4v) is 2.44. The van der Waals surface area contributed by atoms with Crippen molar-refractivity contribution in [2.45, 2.75) is 25.9 Å². The Bertz CT molecular complexity index is 436. The second-order valence-corrected chi connectivity index (χ2v) is 5.18. The lowest BCUT2D eigenvalue weighted by Gasteiger charge is -2.31. The smallest absolute Gasteiger partial charge is 0.185 e. The molecule has 0 radical (unpaired) electrons. The van der Waals surface area contributed by atoms with Crippen LogP contribution in [0.1, 0.15) is 30.3 Å². The van der Waals surface area contributed by atoms with E-state index in [2.05, 4.69) is 9.88 Å². The Hall–Kier alpha value is -1.33. The van der Waals surface area contributed by atoms with E-state index in [1.807, 2.05) is 6.92 Å². The number of aliphatic hydroxyl groups is 1. The van der Waals surface area contributed by atoms with Crippen molar-refractivity contribution in [2.24, 2.45) is 5.92 Å². The van der Waals surface area contributed by atoms with Gasteiger partial charge in [-0.1, -0.05) is 6.92 Å². The maximum Gasteiger partial charge on any atom is 0.185 e. The summed E-state index contributed by atoms with van der Waals surface area (Å²) in [6, 6.07) is 2.66. The number of likely N-dealkylation sites (tertiary alicyclic amines) is 1. The topological polar surface area (TPSA) is 53.4 Å². The number of aromatic nitrogens is 1. The third-order valence-electron chi connectivity index (χ3n) is 3.44. The van der Waals surface area contributed by atoms with Crippen LogP contribution < -0.4 is 0 Å². The Labute approximate surface area is 112 Å². The molecule has 1 fully saturated rings. The second kappa shape index (κ2) is 6.21. The van der Waals surface area contributed by atoms with Crippen LogP contribution in [-0.4, -0.2) is 46.5 Å². The first-order valence-corrected chi connectivity index (χ1v) is 6.62. The summed E-state index contributed by atoms with van der Waals surface area (Å²) in [7, 11) is 0. The number of carbonyl (C=O) groups is 1. The molecular formula is C14H19FN2O2. The van der Waals surface area contributed by atoms with Crippen LogP contribution in [0.5, 0.6) is 0 Å². The van der Waals surface area contributed by atoms with Crippen LogP contribution >= 0.6 is 0 Å². The lowest BCUT2D eigenvalue weighted by Crippen LogP contribution is -2.41. The number of β-amino-alcohol motifs (C(OH)–C–C–N with tert-alkyl or cyclic N) is 1. The first-order chi connectivity index (χ1) is 9.06. The molecule has 0 aromatic carbocycles. The predicted octanol–water partition coefficient (Wildman–Crippen LogP) is 1.50. The molecule has 19 heavy (non-hydrogen) atoms. The van der Waals surface area contributed by atoms with Gasteiger partial charge in [0.1, 0.15) is 11.5 Å². The molecule has 1 aliphatic heterocycles. The number of pyridine rings is 1. The quantitative estimate of drug-likeness (QED) is 0.839. The Kier molecular flexibility index (Phi) is 4.61. The number of ketones is 1. The van der Waals surface area contributed by atoms with E-state index >= 15 is 0 Å². The van der Waals surface area contributed by atoms with Crippen LogP contribution in [0, 0.1) is 11.7 Å². The van der Waals surface area contributed by atoms with Gasteiger partial charge in [0.25, 0.3) is 0 Å². The molecule has 2 rings (SSSR count). The highest BCUT2D eigenvalue weighted by atomic mass is 19.1. The van der Waals surface area contributed by atoms with Crippen LogP contribution in [0.15, 0.2) is 18.3 Å². The first kappa shape index (κ1) is 14.1. The molecule has 2 unspecified atom stereocenters. The minimum atomic E-state index is -0.441. The predicted molar refractivity (Wildman–Crippen MR) is 69.4 cm³/mol. The van der Waals surface area contributed by atoms with Gasteiger partial charge >= 0.3 is 0 Å². The van der Waals surface area contributed by atoms with Gasteiger partial charge < -0.3 is 10.0 Å². The SMILES string of the molecule is CC(CN1CCCC(O)C1)C(=O)c1ccc(F)cn1. The number of Topliss-reactive ketones (excluding diaryl/α,β-unsaturated/α-hetero) is 1. The number of carbonyl (C=O) groups excluding carboxylic acids is 1. The monoisotopic (exact) mass is 266 g/mol. The first-order valence-electron chi connectivity index (χ1n) is 6.62. The molecule has 104 valence electrons. The summed E-state index contributed by atoms with van der Waals surface area (Å²) in [6.45, 7) is 3.98. The van der Waals surface area contributed by atoms with Crippen LogP contribution in [0.4, 0.5) is 4.39 Å². The highest BCUT2D eigenvalue weighted by Gasteiger charge is 2.23. The molecule has 2 heterocycles. The number of hydrogen-bond acceptors (Lipinski definition) is 4. The van der Waals surface area contributed by atoms with Crippen molar-refractivity contribution in [3.05, 3.63) is 29.8 Å². The third-order valence-corrected chi connectivity index (χ3v) is 3.44. The fraction of sp³-hybridized carbons (Fsp3) is 0.571. The van der Waals surface area contributed by atoms with Crippen molar-refractivity contribution in [3.8, 4) is 0 Å². The van der Waals surface area contributed by atoms with E-state index < -0.39 is 5.82 Å². The van der Waals surface area contributed by atoms with Crippen molar-refractivity contribution in [2.75, 3.05) is 19.6 Å². The number of hydrogen-bond donors (Lipinski definition) is 1. The van der Waals surface area contributed by atoms with Crippen molar-refractivity contribution in [1.82, 2.24) is 9.88 Å². The molecule has 0 aliphatic carbocycles. The molecule has 4 nitrogen and oxygen atoms in total. The molecule has 1 N–H and O–H groups in total. The standard InChI is InChI=1S/C14H19FN2O2/c1-10(8-17-6-2-3-12(18)9-17)14(19)13-5-4-11(15)7-16-13/h4-5,7,10,12,18H,2-3,6,8-9H2,1H3. The Morgan fingerprint density at radius 2 is 2.42 bits per heavy atom. The van der Waals surface area contributed by atoms with Crippen molar-refractivity contribution >= 4 is 5.78 Å². The molecular weight excluding hydrogens is 247 g/mol. The second-order valence-electron chi connectivity index (χ2n) is 5.18. The number of halogens is 1. The van der Waals surface area contributed by atoms with Gasteiger partial charge in [0.05, 0.1) is 12.3 Å². The average molecular weight is 266 g/mol.